The third kappa shape index (κ3) is 3.27. The third-order valence-corrected chi connectivity index (χ3v) is 4.92. The second kappa shape index (κ2) is 7.15. The lowest BCUT2D eigenvalue weighted by atomic mass is 10.2. The number of esters is 1. The minimum atomic E-state index is -0.423. The first-order valence-electron chi connectivity index (χ1n) is 7.88. The molecular formula is C20H13ClN2O2S. The van der Waals surface area contributed by atoms with Gasteiger partial charge >= 0.3 is 5.97 Å². The second-order valence-electron chi connectivity index (χ2n) is 5.46. The number of nitrogens with zero attached hydrogens (tertiary/aromatic N) is 2. The first kappa shape index (κ1) is 16.6. The summed E-state index contributed by atoms with van der Waals surface area (Å²) >= 11 is 7.65. The van der Waals surface area contributed by atoms with Crippen molar-refractivity contribution in [2.24, 2.45) is 0 Å². The molecule has 0 radical (unpaired) electrons. The molecule has 0 fully saturated rings. The molecule has 4 aromatic rings. The first-order chi connectivity index (χ1) is 12.7. The smallest absolute Gasteiger partial charge is 0.355 e. The zero-order chi connectivity index (χ0) is 17.9. The van der Waals surface area contributed by atoms with E-state index in [0.29, 0.717) is 27.2 Å². The van der Waals surface area contributed by atoms with E-state index in [2.05, 4.69) is 5.10 Å². The molecule has 0 aliphatic heterocycles. The molecule has 0 saturated heterocycles. The van der Waals surface area contributed by atoms with E-state index in [1.54, 1.807) is 22.9 Å². The van der Waals surface area contributed by atoms with Crippen LogP contribution >= 0.6 is 22.9 Å². The van der Waals surface area contributed by atoms with Crippen molar-refractivity contribution >= 4 is 28.9 Å². The number of aromatic nitrogens is 2. The van der Waals surface area contributed by atoms with Crippen molar-refractivity contribution in [3.63, 3.8) is 0 Å². The maximum atomic E-state index is 12.4. The van der Waals surface area contributed by atoms with Crippen molar-refractivity contribution in [1.29, 1.82) is 0 Å². The van der Waals surface area contributed by atoms with Crippen molar-refractivity contribution in [3.05, 3.63) is 88.1 Å². The fraction of sp³-hybridized carbons (Fsp3) is 0. The largest absolute Gasteiger partial charge is 0.403 e. The minimum absolute atomic E-state index is 0.315. The van der Waals surface area contributed by atoms with Crippen LogP contribution in [0.5, 0.6) is 5.88 Å². The third-order valence-electron chi connectivity index (χ3n) is 3.75. The van der Waals surface area contributed by atoms with E-state index >= 15 is 0 Å². The fourth-order valence-electron chi connectivity index (χ4n) is 2.52. The fourth-order valence-corrected chi connectivity index (χ4v) is 3.34. The number of ether oxygens (including phenoxy) is 1. The van der Waals surface area contributed by atoms with E-state index in [9.17, 15) is 4.79 Å². The van der Waals surface area contributed by atoms with Gasteiger partial charge in [-0.25, -0.2) is 4.79 Å². The number of thiophene rings is 1. The van der Waals surface area contributed by atoms with Crippen molar-refractivity contribution < 1.29 is 9.53 Å². The quantitative estimate of drug-likeness (QED) is 0.441. The summed E-state index contributed by atoms with van der Waals surface area (Å²) in [5.41, 5.74) is 2.26. The van der Waals surface area contributed by atoms with E-state index in [-0.39, 0.29) is 0 Å². The molecular weight excluding hydrogens is 368 g/mol. The van der Waals surface area contributed by atoms with Crippen LogP contribution in [0.2, 0.25) is 5.02 Å². The molecule has 0 N–H and O–H groups in total. The van der Waals surface area contributed by atoms with Crippen LogP contribution < -0.4 is 4.74 Å². The average molecular weight is 381 g/mol. The molecule has 0 bridgehead atoms. The van der Waals surface area contributed by atoms with Gasteiger partial charge in [0.25, 0.3) is 0 Å². The molecule has 0 atom stereocenters. The van der Waals surface area contributed by atoms with Crippen LogP contribution in [0.25, 0.3) is 16.9 Å². The maximum Gasteiger partial charge on any atom is 0.355 e. The molecule has 0 spiro atoms. The van der Waals surface area contributed by atoms with Crippen LogP contribution in [0.1, 0.15) is 9.67 Å². The van der Waals surface area contributed by atoms with Gasteiger partial charge in [0.1, 0.15) is 4.88 Å². The topological polar surface area (TPSA) is 44.1 Å². The number of carbonyl (C=O) groups is 1. The van der Waals surface area contributed by atoms with Crippen LogP contribution in [-0.2, 0) is 0 Å². The molecule has 4 nitrogen and oxygen atoms in total. The Morgan fingerprint density at radius 2 is 1.77 bits per heavy atom. The van der Waals surface area contributed by atoms with Gasteiger partial charge in [-0.1, -0.05) is 60.1 Å². The number of carbonyl (C=O) groups excluding carboxylic acids is 1. The summed E-state index contributed by atoms with van der Waals surface area (Å²) < 4.78 is 7.17. The van der Waals surface area contributed by atoms with Gasteiger partial charge in [-0.15, -0.1) is 11.3 Å². The zero-order valence-electron chi connectivity index (χ0n) is 13.5. The van der Waals surface area contributed by atoms with Crippen LogP contribution in [0.15, 0.2) is 78.2 Å². The Hall–Kier alpha value is -2.89. The molecule has 0 amide bonds. The first-order valence-corrected chi connectivity index (χ1v) is 9.14. The number of benzene rings is 2. The van der Waals surface area contributed by atoms with E-state index in [4.69, 9.17) is 16.3 Å². The summed E-state index contributed by atoms with van der Waals surface area (Å²) in [6, 6.07) is 22.3. The zero-order valence-corrected chi connectivity index (χ0v) is 15.1. The van der Waals surface area contributed by atoms with Crippen molar-refractivity contribution in [3.8, 4) is 22.8 Å². The molecule has 0 unspecified atom stereocenters. The number of hydrogen-bond donors (Lipinski definition) is 0. The van der Waals surface area contributed by atoms with Gasteiger partial charge in [-0.2, -0.15) is 9.78 Å². The monoisotopic (exact) mass is 380 g/mol. The van der Waals surface area contributed by atoms with Crippen molar-refractivity contribution in [2.45, 2.75) is 0 Å². The summed E-state index contributed by atoms with van der Waals surface area (Å²) in [6.07, 6.45) is 0. The maximum absolute atomic E-state index is 12.4. The van der Waals surface area contributed by atoms with Gasteiger partial charge in [0.05, 0.1) is 16.4 Å². The predicted octanol–water partition coefficient (Wildman–Crippen LogP) is 5.47. The molecule has 2 heterocycles. The normalized spacial score (nSPS) is 10.7. The van der Waals surface area contributed by atoms with E-state index < -0.39 is 5.97 Å². The summed E-state index contributed by atoms with van der Waals surface area (Å²) in [5, 5.41) is 6.95. The highest BCUT2D eigenvalue weighted by Gasteiger charge is 2.18. The summed E-state index contributed by atoms with van der Waals surface area (Å²) in [5.74, 6) is -0.108. The van der Waals surface area contributed by atoms with Gasteiger partial charge in [0, 0.05) is 11.6 Å². The molecule has 2 aromatic heterocycles. The minimum Gasteiger partial charge on any atom is -0.403 e. The number of hydrogen-bond acceptors (Lipinski definition) is 4. The highest BCUT2D eigenvalue weighted by atomic mass is 35.5. The SMILES string of the molecule is O=C(Oc1cc(-c2ccccc2)nn1-c1ccccc1Cl)c1cccs1. The molecule has 0 saturated carbocycles. The lowest BCUT2D eigenvalue weighted by Crippen LogP contribution is -2.10. The molecule has 26 heavy (non-hydrogen) atoms. The van der Waals surface area contributed by atoms with Crippen LogP contribution in [-0.4, -0.2) is 15.7 Å². The Balaban J connectivity index is 1.79. The second-order valence-corrected chi connectivity index (χ2v) is 6.82. The predicted molar refractivity (Wildman–Crippen MR) is 103 cm³/mol. The standard InChI is InChI=1S/C20H13ClN2O2S/c21-15-9-4-5-10-17(15)23-19(25-20(24)18-11-6-12-26-18)13-16(22-23)14-7-2-1-3-8-14/h1-13H. The van der Waals surface area contributed by atoms with Gasteiger partial charge < -0.3 is 4.74 Å². The van der Waals surface area contributed by atoms with E-state index in [1.807, 2.05) is 60.0 Å². The van der Waals surface area contributed by atoms with Crippen molar-refractivity contribution in [2.75, 3.05) is 0 Å². The number of halogens is 1. The Morgan fingerprint density at radius 1 is 1.00 bits per heavy atom. The molecule has 0 aliphatic carbocycles. The molecule has 128 valence electrons. The lowest BCUT2D eigenvalue weighted by molar-refractivity contribution is 0.0728. The van der Waals surface area contributed by atoms with Crippen LogP contribution in [0.3, 0.4) is 0 Å². The van der Waals surface area contributed by atoms with E-state index in [1.165, 1.54) is 11.3 Å². The molecule has 4 rings (SSSR count). The highest BCUT2D eigenvalue weighted by Crippen LogP contribution is 2.30. The van der Waals surface area contributed by atoms with Gasteiger partial charge in [0.15, 0.2) is 0 Å². The molecule has 0 aliphatic rings. The van der Waals surface area contributed by atoms with Crippen molar-refractivity contribution in [1.82, 2.24) is 9.78 Å². The van der Waals surface area contributed by atoms with E-state index in [0.717, 1.165) is 5.56 Å². The highest BCUT2D eigenvalue weighted by molar-refractivity contribution is 7.12. The summed E-state index contributed by atoms with van der Waals surface area (Å²) in [4.78, 5) is 12.9. The molecule has 6 heteroatoms. The average Bonchev–Trinajstić information content (AvgIpc) is 3.33. The van der Waals surface area contributed by atoms with Crippen LogP contribution in [0, 0.1) is 0 Å². The summed E-state index contributed by atoms with van der Waals surface area (Å²) in [6.45, 7) is 0. The lowest BCUT2D eigenvalue weighted by Gasteiger charge is -2.08. The Labute approximate surface area is 159 Å². The Morgan fingerprint density at radius 3 is 2.50 bits per heavy atom. The Bertz CT molecular complexity index is 1040. The van der Waals surface area contributed by atoms with Gasteiger partial charge in [-0.3, -0.25) is 0 Å². The number of rotatable bonds is 4. The van der Waals surface area contributed by atoms with Crippen LogP contribution in [0.4, 0.5) is 0 Å². The Kier molecular flexibility index (Phi) is 4.56. The summed E-state index contributed by atoms with van der Waals surface area (Å²) in [7, 11) is 0. The molecule has 2 aromatic carbocycles. The van der Waals surface area contributed by atoms with Gasteiger partial charge in [0.2, 0.25) is 5.88 Å². The van der Waals surface area contributed by atoms with Gasteiger partial charge in [-0.05, 0) is 23.6 Å². The number of para-hydroxylation sites is 1.